The molecule has 1 N–H and O–H groups in total. The zero-order valence-corrected chi connectivity index (χ0v) is 16.1. The van der Waals surface area contributed by atoms with E-state index >= 15 is 0 Å². The van der Waals surface area contributed by atoms with E-state index in [-0.39, 0.29) is 5.91 Å². The number of imidazole rings is 1. The highest BCUT2D eigenvalue weighted by Crippen LogP contribution is 2.19. The maximum Gasteiger partial charge on any atom is 0.271 e. The highest BCUT2D eigenvalue weighted by atomic mass is 35.5. The lowest BCUT2D eigenvalue weighted by molar-refractivity contribution is 0.0946. The Morgan fingerprint density at radius 2 is 1.86 bits per heavy atom. The standard InChI is InChI=1S/C20H21ClN6O/c21-16-7-3-2-6-15(16)11-22-20(28)17-12-27(14-25-17)19-10-18(23-13-24-19)26-8-4-1-5-9-26/h2-3,6-7,10,12-14H,1,4-5,8-9,11H2,(H,22,28). The van der Waals surface area contributed by atoms with Gasteiger partial charge in [0.25, 0.3) is 5.91 Å². The SMILES string of the molecule is O=C(NCc1ccccc1Cl)c1cn(-c2cc(N3CCCCC3)ncn2)cn1. The first kappa shape index (κ1) is 18.4. The van der Waals surface area contributed by atoms with Crippen molar-refractivity contribution < 1.29 is 4.79 Å². The number of amides is 1. The third-order valence-electron chi connectivity index (χ3n) is 4.80. The van der Waals surface area contributed by atoms with Crippen LogP contribution in [0.3, 0.4) is 0 Å². The van der Waals surface area contributed by atoms with E-state index in [1.54, 1.807) is 29.5 Å². The van der Waals surface area contributed by atoms with Crippen LogP contribution in [0.5, 0.6) is 0 Å². The molecule has 1 aromatic carbocycles. The Bertz CT molecular complexity index is 967. The Labute approximate surface area is 168 Å². The second-order valence-corrected chi connectivity index (χ2v) is 7.13. The first-order chi connectivity index (χ1) is 13.7. The lowest BCUT2D eigenvalue weighted by Gasteiger charge is -2.27. The summed E-state index contributed by atoms with van der Waals surface area (Å²) < 4.78 is 1.74. The Kier molecular flexibility index (Phi) is 5.53. The highest BCUT2D eigenvalue weighted by Gasteiger charge is 2.15. The maximum absolute atomic E-state index is 12.4. The molecule has 144 valence electrons. The number of nitrogens with one attached hydrogen (secondary N) is 1. The molecule has 1 amide bonds. The van der Waals surface area contributed by atoms with E-state index in [4.69, 9.17) is 11.6 Å². The van der Waals surface area contributed by atoms with Gasteiger partial charge in [0.2, 0.25) is 0 Å². The van der Waals surface area contributed by atoms with E-state index in [2.05, 4.69) is 25.2 Å². The van der Waals surface area contributed by atoms with Crippen molar-refractivity contribution in [2.24, 2.45) is 0 Å². The molecule has 3 aromatic rings. The van der Waals surface area contributed by atoms with Gasteiger partial charge in [0.15, 0.2) is 0 Å². The molecule has 1 saturated heterocycles. The van der Waals surface area contributed by atoms with E-state index in [1.807, 2.05) is 24.3 Å². The number of nitrogens with zero attached hydrogens (tertiary/aromatic N) is 5. The largest absolute Gasteiger partial charge is 0.356 e. The first-order valence-electron chi connectivity index (χ1n) is 9.34. The number of aromatic nitrogens is 4. The van der Waals surface area contributed by atoms with Crippen LogP contribution < -0.4 is 10.2 Å². The van der Waals surface area contributed by atoms with Crippen molar-refractivity contribution in [2.45, 2.75) is 25.8 Å². The third kappa shape index (κ3) is 4.14. The van der Waals surface area contributed by atoms with Crippen LogP contribution >= 0.6 is 11.6 Å². The van der Waals surface area contributed by atoms with Gasteiger partial charge in [-0.2, -0.15) is 0 Å². The number of piperidine rings is 1. The number of carbonyl (C=O) groups is 1. The predicted molar refractivity (Wildman–Crippen MR) is 108 cm³/mol. The van der Waals surface area contributed by atoms with Crippen molar-refractivity contribution in [1.82, 2.24) is 24.8 Å². The average Bonchev–Trinajstić information content (AvgIpc) is 3.24. The van der Waals surface area contributed by atoms with E-state index in [1.165, 1.54) is 19.3 Å². The van der Waals surface area contributed by atoms with Crippen LogP contribution in [0, 0.1) is 0 Å². The first-order valence-corrected chi connectivity index (χ1v) is 9.71. The van der Waals surface area contributed by atoms with Gasteiger partial charge in [-0.3, -0.25) is 9.36 Å². The molecule has 0 bridgehead atoms. The minimum atomic E-state index is -0.260. The summed E-state index contributed by atoms with van der Waals surface area (Å²) in [4.78, 5) is 27.6. The average molecular weight is 397 g/mol. The fourth-order valence-corrected chi connectivity index (χ4v) is 3.45. The quantitative estimate of drug-likeness (QED) is 0.716. The third-order valence-corrected chi connectivity index (χ3v) is 5.16. The van der Waals surface area contributed by atoms with Crippen molar-refractivity contribution in [3.63, 3.8) is 0 Å². The molecule has 7 nitrogen and oxygen atoms in total. The second-order valence-electron chi connectivity index (χ2n) is 6.72. The molecule has 2 aromatic heterocycles. The molecule has 28 heavy (non-hydrogen) atoms. The van der Waals surface area contributed by atoms with Crippen LogP contribution in [0.1, 0.15) is 35.3 Å². The summed E-state index contributed by atoms with van der Waals surface area (Å²) >= 11 is 6.13. The Morgan fingerprint density at radius 3 is 2.68 bits per heavy atom. The van der Waals surface area contributed by atoms with Crippen molar-refractivity contribution in [3.05, 3.63) is 65.5 Å². The topological polar surface area (TPSA) is 75.9 Å². The minimum absolute atomic E-state index is 0.260. The van der Waals surface area contributed by atoms with Crippen molar-refractivity contribution in [2.75, 3.05) is 18.0 Å². The normalized spacial score (nSPS) is 14.1. The monoisotopic (exact) mass is 396 g/mol. The van der Waals surface area contributed by atoms with Gasteiger partial charge in [-0.1, -0.05) is 29.8 Å². The molecule has 0 atom stereocenters. The number of hydrogen-bond donors (Lipinski definition) is 1. The van der Waals surface area contributed by atoms with Crippen LogP contribution in [-0.2, 0) is 6.54 Å². The molecule has 0 unspecified atom stereocenters. The van der Waals surface area contributed by atoms with E-state index in [0.29, 0.717) is 23.1 Å². The van der Waals surface area contributed by atoms with Crippen LogP contribution in [0.15, 0.2) is 49.2 Å². The zero-order chi connectivity index (χ0) is 19.3. The molecule has 8 heteroatoms. The molecule has 0 spiro atoms. The summed E-state index contributed by atoms with van der Waals surface area (Å²) in [5.74, 6) is 1.33. The molecule has 4 rings (SSSR count). The summed E-state index contributed by atoms with van der Waals surface area (Å²) in [6, 6.07) is 9.35. The number of anilines is 1. The number of rotatable bonds is 5. The summed E-state index contributed by atoms with van der Waals surface area (Å²) in [5.41, 5.74) is 1.18. The van der Waals surface area contributed by atoms with E-state index in [0.717, 1.165) is 24.5 Å². The molecule has 0 aliphatic carbocycles. The molecular weight excluding hydrogens is 376 g/mol. The predicted octanol–water partition coefficient (Wildman–Crippen LogP) is 3.24. The van der Waals surface area contributed by atoms with E-state index in [9.17, 15) is 4.79 Å². The van der Waals surface area contributed by atoms with E-state index < -0.39 is 0 Å². The fourth-order valence-electron chi connectivity index (χ4n) is 3.25. The van der Waals surface area contributed by atoms with Gasteiger partial charge in [0.05, 0.1) is 0 Å². The van der Waals surface area contributed by atoms with Gasteiger partial charge in [-0.25, -0.2) is 15.0 Å². The van der Waals surface area contributed by atoms with Crippen molar-refractivity contribution >= 4 is 23.3 Å². The molecular formula is C20H21ClN6O. The summed E-state index contributed by atoms with van der Waals surface area (Å²) in [6.07, 6.45) is 8.44. The molecule has 1 aliphatic rings. The number of halogens is 1. The second kappa shape index (κ2) is 8.39. The maximum atomic E-state index is 12.4. The van der Waals surface area contributed by atoms with Crippen molar-refractivity contribution in [1.29, 1.82) is 0 Å². The number of benzene rings is 1. The smallest absolute Gasteiger partial charge is 0.271 e. The molecule has 1 aliphatic heterocycles. The van der Waals surface area contributed by atoms with Gasteiger partial charge in [0, 0.05) is 36.9 Å². The summed E-state index contributed by atoms with van der Waals surface area (Å²) in [6.45, 7) is 2.37. The molecule has 1 fully saturated rings. The summed E-state index contributed by atoms with van der Waals surface area (Å²) in [7, 11) is 0. The minimum Gasteiger partial charge on any atom is -0.356 e. The van der Waals surface area contributed by atoms with Crippen molar-refractivity contribution in [3.8, 4) is 5.82 Å². The Balaban J connectivity index is 1.45. The lowest BCUT2D eigenvalue weighted by atomic mass is 10.1. The molecule has 3 heterocycles. The fraction of sp³-hybridized carbons (Fsp3) is 0.300. The summed E-state index contributed by atoms with van der Waals surface area (Å²) in [5, 5.41) is 3.47. The number of carbonyl (C=O) groups excluding carboxylic acids is 1. The van der Waals surface area contributed by atoms with Gasteiger partial charge in [-0.15, -0.1) is 0 Å². The lowest BCUT2D eigenvalue weighted by Crippen LogP contribution is -2.30. The van der Waals surface area contributed by atoms with Gasteiger partial charge >= 0.3 is 0 Å². The van der Waals surface area contributed by atoms with Gasteiger partial charge in [-0.05, 0) is 30.9 Å². The molecule has 0 radical (unpaired) electrons. The Morgan fingerprint density at radius 1 is 1.07 bits per heavy atom. The number of hydrogen-bond acceptors (Lipinski definition) is 5. The zero-order valence-electron chi connectivity index (χ0n) is 15.4. The molecule has 0 saturated carbocycles. The van der Waals surface area contributed by atoms with Gasteiger partial charge in [0.1, 0.15) is 30.0 Å². The van der Waals surface area contributed by atoms with Gasteiger partial charge < -0.3 is 10.2 Å². The van der Waals surface area contributed by atoms with Crippen LogP contribution in [-0.4, -0.2) is 38.5 Å². The van der Waals surface area contributed by atoms with Crippen LogP contribution in [0.2, 0.25) is 5.02 Å². The van der Waals surface area contributed by atoms with Crippen LogP contribution in [0.4, 0.5) is 5.82 Å². The Hall–Kier alpha value is -2.93. The highest BCUT2D eigenvalue weighted by molar-refractivity contribution is 6.31. The van der Waals surface area contributed by atoms with Crippen LogP contribution in [0.25, 0.3) is 5.82 Å².